The average molecular weight is 438 g/mol. The fourth-order valence-corrected chi connectivity index (χ4v) is 2.03. The minimum atomic E-state index is 0. The largest absolute Gasteiger partial charge is 0.468 e. The number of guanidine groups is 1. The van der Waals surface area contributed by atoms with Crippen molar-refractivity contribution in [3.63, 3.8) is 0 Å². The van der Waals surface area contributed by atoms with Crippen LogP contribution in [0.5, 0.6) is 0 Å². The van der Waals surface area contributed by atoms with Gasteiger partial charge in [0.05, 0.1) is 18.8 Å². The van der Waals surface area contributed by atoms with Crippen LogP contribution in [0.1, 0.15) is 32.1 Å². The molecule has 1 rings (SSSR count). The van der Waals surface area contributed by atoms with Crippen LogP contribution in [0.2, 0.25) is 0 Å². The van der Waals surface area contributed by atoms with Gasteiger partial charge in [0.2, 0.25) is 0 Å². The number of hydrogen-bond acceptors (Lipinski definition) is 4. The Kier molecular flexibility index (Phi) is 13.1. The van der Waals surface area contributed by atoms with E-state index in [1.54, 1.807) is 6.26 Å². The van der Waals surface area contributed by atoms with Crippen molar-refractivity contribution in [2.24, 2.45) is 4.99 Å². The van der Waals surface area contributed by atoms with Crippen molar-refractivity contribution >= 4 is 29.9 Å². The summed E-state index contributed by atoms with van der Waals surface area (Å²) in [7, 11) is 4.07. The van der Waals surface area contributed by atoms with E-state index in [4.69, 9.17) is 9.15 Å². The molecule has 6 nitrogen and oxygen atoms in total. The average Bonchev–Trinajstić information content (AvgIpc) is 3.00. The minimum Gasteiger partial charge on any atom is -0.468 e. The van der Waals surface area contributed by atoms with Crippen LogP contribution < -0.4 is 10.6 Å². The minimum absolute atomic E-state index is 0. The Morgan fingerprint density at radius 3 is 2.70 bits per heavy atom. The highest BCUT2D eigenvalue weighted by atomic mass is 127. The van der Waals surface area contributed by atoms with E-state index in [1.807, 2.05) is 33.2 Å². The Balaban J connectivity index is 0.00000484. The van der Waals surface area contributed by atoms with Gasteiger partial charge in [-0.3, -0.25) is 9.89 Å². The summed E-state index contributed by atoms with van der Waals surface area (Å²) in [6.45, 7) is 7.94. The number of furan rings is 1. The van der Waals surface area contributed by atoms with Gasteiger partial charge in [-0.2, -0.15) is 0 Å². The topological polar surface area (TPSA) is 62.0 Å². The third-order valence-corrected chi connectivity index (χ3v) is 3.22. The second-order valence-corrected chi connectivity index (χ2v) is 5.19. The molecule has 0 aromatic carbocycles. The van der Waals surface area contributed by atoms with Gasteiger partial charge in [0.1, 0.15) is 5.76 Å². The molecule has 1 aromatic rings. The number of likely N-dealkylation sites (N-methyl/N-ethyl adjacent to an activating group) is 1. The van der Waals surface area contributed by atoms with E-state index in [-0.39, 0.29) is 30.0 Å². The molecule has 0 aliphatic rings. The van der Waals surface area contributed by atoms with Gasteiger partial charge in [0, 0.05) is 26.3 Å². The van der Waals surface area contributed by atoms with E-state index in [9.17, 15) is 0 Å². The number of nitrogens with zero attached hydrogens (tertiary/aromatic N) is 2. The summed E-state index contributed by atoms with van der Waals surface area (Å²) in [5, 5.41) is 6.59. The number of nitrogens with one attached hydrogen (secondary N) is 2. The molecular weight excluding hydrogens is 407 g/mol. The van der Waals surface area contributed by atoms with Crippen molar-refractivity contribution in [3.8, 4) is 0 Å². The Bertz CT molecular complexity index is 410. The summed E-state index contributed by atoms with van der Waals surface area (Å²) in [4.78, 5) is 6.77. The molecule has 2 N–H and O–H groups in total. The fraction of sp³-hybridized carbons (Fsp3) is 0.688. The molecule has 134 valence electrons. The number of ether oxygens (including phenoxy) is 1. The highest BCUT2D eigenvalue weighted by Gasteiger charge is 2.16. The van der Waals surface area contributed by atoms with E-state index in [1.165, 1.54) is 0 Å². The van der Waals surface area contributed by atoms with E-state index in [2.05, 4.69) is 27.4 Å². The molecule has 0 radical (unpaired) electrons. The maximum atomic E-state index is 5.51. The first kappa shape index (κ1) is 22.2. The molecule has 1 aromatic heterocycles. The highest BCUT2D eigenvalue weighted by molar-refractivity contribution is 14.0. The normalized spacial score (nSPS) is 12.8. The van der Waals surface area contributed by atoms with Gasteiger partial charge in [-0.15, -0.1) is 24.0 Å². The van der Waals surface area contributed by atoms with Crippen molar-refractivity contribution in [2.45, 2.75) is 26.3 Å². The van der Waals surface area contributed by atoms with Crippen LogP contribution in [0, 0.1) is 0 Å². The van der Waals surface area contributed by atoms with E-state index < -0.39 is 0 Å². The second-order valence-electron chi connectivity index (χ2n) is 5.19. The molecule has 0 fully saturated rings. The summed E-state index contributed by atoms with van der Waals surface area (Å²) in [6, 6.07) is 4.03. The van der Waals surface area contributed by atoms with Gasteiger partial charge >= 0.3 is 0 Å². The van der Waals surface area contributed by atoms with Crippen LogP contribution in [0.15, 0.2) is 27.8 Å². The number of rotatable bonds is 10. The summed E-state index contributed by atoms with van der Waals surface area (Å²) in [6.07, 6.45) is 2.67. The highest BCUT2D eigenvalue weighted by Crippen LogP contribution is 2.18. The van der Waals surface area contributed by atoms with Gasteiger partial charge in [-0.05, 0) is 46.5 Å². The molecule has 1 heterocycles. The quantitative estimate of drug-likeness (QED) is 0.255. The summed E-state index contributed by atoms with van der Waals surface area (Å²) >= 11 is 0. The van der Waals surface area contributed by atoms with Crippen molar-refractivity contribution in [1.29, 1.82) is 0 Å². The molecule has 7 heteroatoms. The van der Waals surface area contributed by atoms with Crippen molar-refractivity contribution in [2.75, 3.05) is 46.9 Å². The van der Waals surface area contributed by atoms with Crippen LogP contribution >= 0.6 is 24.0 Å². The molecule has 0 aliphatic carbocycles. The Labute approximate surface area is 157 Å². The lowest BCUT2D eigenvalue weighted by Crippen LogP contribution is -2.38. The third kappa shape index (κ3) is 9.17. The molecule has 0 saturated heterocycles. The van der Waals surface area contributed by atoms with Crippen LogP contribution in [-0.2, 0) is 4.74 Å². The third-order valence-electron chi connectivity index (χ3n) is 3.22. The Morgan fingerprint density at radius 1 is 1.35 bits per heavy atom. The smallest absolute Gasteiger partial charge is 0.191 e. The Hall–Kier alpha value is -0.800. The Morgan fingerprint density at radius 2 is 2.13 bits per heavy atom. The lowest BCUT2D eigenvalue weighted by atomic mass is 10.2. The van der Waals surface area contributed by atoms with Crippen molar-refractivity contribution in [3.05, 3.63) is 24.2 Å². The van der Waals surface area contributed by atoms with E-state index in [0.29, 0.717) is 6.54 Å². The predicted molar refractivity (Wildman–Crippen MR) is 106 cm³/mol. The maximum Gasteiger partial charge on any atom is 0.191 e. The molecule has 23 heavy (non-hydrogen) atoms. The summed E-state index contributed by atoms with van der Waals surface area (Å²) in [5.41, 5.74) is 0. The maximum absolute atomic E-state index is 5.51. The number of aliphatic imine (C=N–C) groups is 1. The van der Waals surface area contributed by atoms with Gasteiger partial charge in [0.25, 0.3) is 0 Å². The SMILES string of the molecule is CCNC(=NCC(c1ccco1)N(C)C)NCCCOCC.I. The zero-order chi connectivity index (χ0) is 16.2. The summed E-state index contributed by atoms with van der Waals surface area (Å²) in [5.74, 6) is 1.76. The molecule has 1 atom stereocenters. The first-order valence-corrected chi connectivity index (χ1v) is 7.98. The zero-order valence-electron chi connectivity index (χ0n) is 14.7. The molecule has 0 bridgehead atoms. The standard InChI is InChI=1S/C16H30N4O2.HI/c1-5-17-16(18-10-8-11-21-6-2)19-13-14(20(3)4)15-9-7-12-22-15;/h7,9,12,14H,5-6,8,10-11,13H2,1-4H3,(H2,17,18,19);1H. The molecule has 0 aliphatic heterocycles. The van der Waals surface area contributed by atoms with E-state index in [0.717, 1.165) is 44.4 Å². The molecule has 0 amide bonds. The predicted octanol–water partition coefficient (Wildman–Crippen LogP) is 2.48. The van der Waals surface area contributed by atoms with Gasteiger partial charge in [-0.25, -0.2) is 0 Å². The monoisotopic (exact) mass is 438 g/mol. The molecule has 0 saturated carbocycles. The van der Waals surface area contributed by atoms with Crippen LogP contribution in [-0.4, -0.2) is 57.8 Å². The van der Waals surface area contributed by atoms with Crippen molar-refractivity contribution in [1.82, 2.24) is 15.5 Å². The lowest BCUT2D eigenvalue weighted by molar-refractivity contribution is 0.145. The lowest BCUT2D eigenvalue weighted by Gasteiger charge is -2.21. The van der Waals surface area contributed by atoms with Crippen LogP contribution in [0.3, 0.4) is 0 Å². The van der Waals surface area contributed by atoms with Crippen molar-refractivity contribution < 1.29 is 9.15 Å². The summed E-state index contributed by atoms with van der Waals surface area (Å²) < 4.78 is 10.8. The van der Waals surface area contributed by atoms with Gasteiger partial charge in [0.15, 0.2) is 5.96 Å². The van der Waals surface area contributed by atoms with Crippen LogP contribution in [0.4, 0.5) is 0 Å². The second kappa shape index (κ2) is 13.6. The first-order valence-electron chi connectivity index (χ1n) is 7.98. The molecule has 0 spiro atoms. The zero-order valence-corrected chi connectivity index (χ0v) is 17.0. The first-order chi connectivity index (χ1) is 10.7. The van der Waals surface area contributed by atoms with Gasteiger partial charge < -0.3 is 19.8 Å². The molecule has 1 unspecified atom stereocenters. The van der Waals surface area contributed by atoms with Gasteiger partial charge in [-0.1, -0.05) is 0 Å². The fourth-order valence-electron chi connectivity index (χ4n) is 2.03. The number of hydrogen-bond donors (Lipinski definition) is 2. The molecular formula is C16H31IN4O2. The number of halogens is 1. The van der Waals surface area contributed by atoms with E-state index >= 15 is 0 Å². The van der Waals surface area contributed by atoms with Crippen LogP contribution in [0.25, 0.3) is 0 Å².